The number of aromatic nitrogens is 3. The number of hydrogen-bond acceptors (Lipinski definition) is 8. The predicted octanol–water partition coefficient (Wildman–Crippen LogP) is 3.32. The molecule has 35 heavy (non-hydrogen) atoms. The molecule has 2 atom stereocenters. The van der Waals surface area contributed by atoms with Gasteiger partial charge in [-0.3, -0.25) is 14.7 Å². The second kappa shape index (κ2) is 9.82. The van der Waals surface area contributed by atoms with E-state index in [1.165, 1.54) is 0 Å². The largest absolute Gasteiger partial charge is 0.492 e. The van der Waals surface area contributed by atoms with Gasteiger partial charge in [0.25, 0.3) is 0 Å². The molecule has 2 aromatic rings. The molecule has 0 spiro atoms. The first-order valence-corrected chi connectivity index (χ1v) is 12.8. The Hall–Kier alpha value is -2.58. The molecule has 0 unspecified atom stereocenters. The van der Waals surface area contributed by atoms with E-state index in [9.17, 15) is 4.79 Å². The van der Waals surface area contributed by atoms with Gasteiger partial charge in [0.1, 0.15) is 23.9 Å². The van der Waals surface area contributed by atoms with Gasteiger partial charge in [0.15, 0.2) is 11.6 Å². The van der Waals surface area contributed by atoms with Crippen LogP contribution in [0.5, 0.6) is 5.75 Å². The first-order chi connectivity index (χ1) is 16.7. The Balaban J connectivity index is 1.29. The van der Waals surface area contributed by atoms with E-state index in [-0.39, 0.29) is 11.2 Å². The molecule has 188 valence electrons. The Morgan fingerprint density at radius 1 is 1.29 bits per heavy atom. The van der Waals surface area contributed by atoms with Gasteiger partial charge in [-0.05, 0) is 37.2 Å². The Labute approximate surface area is 208 Å². The summed E-state index contributed by atoms with van der Waals surface area (Å²) in [7, 11) is 1.95. The number of carbonyl (C=O) groups is 1. The van der Waals surface area contributed by atoms with Crippen molar-refractivity contribution in [2.75, 3.05) is 44.8 Å². The number of fused-ring (bicyclic) bond motifs is 3. The molecule has 3 aliphatic rings. The number of pyridine rings is 1. The number of rotatable bonds is 9. The molecule has 8 heteroatoms. The smallest absolute Gasteiger partial charge is 0.180 e. The van der Waals surface area contributed by atoms with Crippen LogP contribution in [0.25, 0.3) is 11.5 Å². The van der Waals surface area contributed by atoms with Crippen LogP contribution in [-0.2, 0) is 22.4 Å². The van der Waals surface area contributed by atoms with E-state index in [0.717, 1.165) is 68.2 Å². The average molecular weight is 480 g/mol. The number of anilines is 1. The average Bonchev–Trinajstić information content (AvgIpc) is 3.54. The van der Waals surface area contributed by atoms with Gasteiger partial charge in [-0.2, -0.15) is 0 Å². The van der Waals surface area contributed by atoms with E-state index >= 15 is 0 Å². The van der Waals surface area contributed by atoms with E-state index in [4.69, 9.17) is 19.4 Å². The third-order valence-corrected chi connectivity index (χ3v) is 7.04. The molecule has 8 nitrogen and oxygen atoms in total. The summed E-state index contributed by atoms with van der Waals surface area (Å²) in [5, 5.41) is 0. The van der Waals surface area contributed by atoms with Gasteiger partial charge in [0, 0.05) is 56.1 Å². The van der Waals surface area contributed by atoms with Gasteiger partial charge < -0.3 is 14.4 Å². The number of ether oxygens (including phenoxy) is 2. The second-order valence-corrected chi connectivity index (χ2v) is 11.3. The third kappa shape index (κ3) is 5.64. The summed E-state index contributed by atoms with van der Waals surface area (Å²) in [6.07, 6.45) is 6.79. The van der Waals surface area contributed by atoms with E-state index in [0.29, 0.717) is 43.2 Å². The number of nitrogens with zero attached hydrogens (tertiary/aromatic N) is 5. The van der Waals surface area contributed by atoms with Crippen molar-refractivity contribution >= 4 is 11.6 Å². The maximum Gasteiger partial charge on any atom is 0.180 e. The number of ketones is 1. The number of aryl methyl sites for hydroxylation is 1. The summed E-state index contributed by atoms with van der Waals surface area (Å²) in [5.41, 5.74) is 2.90. The summed E-state index contributed by atoms with van der Waals surface area (Å²) in [6.45, 7) is 10.0. The summed E-state index contributed by atoms with van der Waals surface area (Å²) >= 11 is 0. The predicted molar refractivity (Wildman–Crippen MR) is 135 cm³/mol. The van der Waals surface area contributed by atoms with Crippen LogP contribution in [0.1, 0.15) is 51.3 Å². The van der Waals surface area contributed by atoms with Crippen molar-refractivity contribution in [1.29, 1.82) is 0 Å². The van der Waals surface area contributed by atoms with Crippen LogP contribution in [0, 0.1) is 5.41 Å². The molecule has 2 saturated heterocycles. The molecule has 0 amide bonds. The van der Waals surface area contributed by atoms with Crippen molar-refractivity contribution < 1.29 is 14.3 Å². The quantitative estimate of drug-likeness (QED) is 0.542. The van der Waals surface area contributed by atoms with Crippen LogP contribution in [0.2, 0.25) is 0 Å². The maximum atomic E-state index is 12.7. The number of likely N-dealkylation sites (N-methyl/N-ethyl adjacent to an activating group) is 1. The number of morpholine rings is 1. The zero-order chi connectivity index (χ0) is 24.6. The zero-order valence-electron chi connectivity index (χ0n) is 21.4. The highest BCUT2D eigenvalue weighted by Gasteiger charge is 2.38. The monoisotopic (exact) mass is 479 g/mol. The minimum atomic E-state index is -0.0246. The van der Waals surface area contributed by atoms with E-state index in [1.54, 1.807) is 6.20 Å². The van der Waals surface area contributed by atoms with Gasteiger partial charge in [-0.1, -0.05) is 20.8 Å². The molecule has 0 N–H and O–H groups in total. The fourth-order valence-electron chi connectivity index (χ4n) is 5.49. The number of Topliss-reactive ketones (excluding diaryl/α,β-unsaturated/α-hetero) is 1. The molecule has 0 radical (unpaired) electrons. The summed E-state index contributed by atoms with van der Waals surface area (Å²) in [5.74, 6) is 2.44. The molecule has 0 saturated carbocycles. The maximum absolute atomic E-state index is 12.7. The highest BCUT2D eigenvalue weighted by atomic mass is 16.5. The van der Waals surface area contributed by atoms with E-state index in [1.807, 2.05) is 24.1 Å². The van der Waals surface area contributed by atoms with Crippen molar-refractivity contribution in [2.45, 2.75) is 65.0 Å². The second-order valence-electron chi connectivity index (χ2n) is 11.3. The Morgan fingerprint density at radius 3 is 2.89 bits per heavy atom. The van der Waals surface area contributed by atoms with Crippen molar-refractivity contribution in [3.05, 3.63) is 29.6 Å². The van der Waals surface area contributed by atoms with Crippen LogP contribution < -0.4 is 9.64 Å². The lowest BCUT2D eigenvalue weighted by molar-refractivity contribution is -0.119. The number of likely N-dealkylation sites (tertiary alicyclic amines) is 1. The van der Waals surface area contributed by atoms with Gasteiger partial charge >= 0.3 is 0 Å². The van der Waals surface area contributed by atoms with Gasteiger partial charge in [-0.25, -0.2) is 9.97 Å². The Morgan fingerprint density at radius 2 is 2.14 bits per heavy atom. The van der Waals surface area contributed by atoms with Gasteiger partial charge in [0.05, 0.1) is 19.3 Å². The molecule has 2 aliphatic heterocycles. The standard InChI is InChI=1S/C27H37N5O3/c1-27(2,3)14-19(33)15-31(4)26-22-6-5-7-23(22)29-25(30-26)24-13-20(8-9-28-24)34-11-10-32-16-21-12-18(32)17-35-21/h8-9,13,18,21H,5-7,10-12,14-17H2,1-4H3/t18-,21-/m1/s1. The summed E-state index contributed by atoms with van der Waals surface area (Å²) in [4.78, 5) is 31.4. The van der Waals surface area contributed by atoms with Crippen molar-refractivity contribution in [3.8, 4) is 17.3 Å². The fourth-order valence-corrected chi connectivity index (χ4v) is 5.49. The minimum absolute atomic E-state index is 0.0246. The topological polar surface area (TPSA) is 80.7 Å². The third-order valence-electron chi connectivity index (χ3n) is 7.04. The van der Waals surface area contributed by atoms with Gasteiger partial charge in [0.2, 0.25) is 0 Å². The van der Waals surface area contributed by atoms with Crippen LogP contribution in [0.3, 0.4) is 0 Å². The Bertz CT molecular complexity index is 1080. The van der Waals surface area contributed by atoms with E-state index < -0.39 is 0 Å². The molecule has 0 aromatic carbocycles. The number of carbonyl (C=O) groups excluding carboxylic acids is 1. The molecule has 2 fully saturated rings. The van der Waals surface area contributed by atoms with Crippen LogP contribution >= 0.6 is 0 Å². The summed E-state index contributed by atoms with van der Waals surface area (Å²) in [6, 6.07) is 4.35. The number of hydrogen-bond donors (Lipinski definition) is 0. The molecule has 4 heterocycles. The normalized spacial score (nSPS) is 21.4. The first kappa shape index (κ1) is 24.1. The SMILES string of the molecule is CN(CC(=O)CC(C)(C)C)c1nc(-c2cc(OCCN3C[C@H]4C[C@@H]3CO4)ccn2)nc2c1CCC2. The summed E-state index contributed by atoms with van der Waals surface area (Å²) < 4.78 is 11.8. The highest BCUT2D eigenvalue weighted by molar-refractivity contribution is 5.84. The molecule has 5 rings (SSSR count). The first-order valence-electron chi connectivity index (χ1n) is 12.8. The molecular formula is C27H37N5O3. The van der Waals surface area contributed by atoms with Crippen molar-refractivity contribution in [2.24, 2.45) is 5.41 Å². The van der Waals surface area contributed by atoms with E-state index in [2.05, 4.69) is 30.7 Å². The van der Waals surface area contributed by atoms with Crippen LogP contribution in [0.15, 0.2) is 18.3 Å². The highest BCUT2D eigenvalue weighted by Crippen LogP contribution is 2.32. The fraction of sp³-hybridized carbons (Fsp3) is 0.630. The Kier molecular flexibility index (Phi) is 6.77. The van der Waals surface area contributed by atoms with Crippen LogP contribution in [0.4, 0.5) is 5.82 Å². The van der Waals surface area contributed by atoms with Crippen molar-refractivity contribution in [3.63, 3.8) is 0 Å². The molecule has 2 bridgehead atoms. The minimum Gasteiger partial charge on any atom is -0.492 e. The van der Waals surface area contributed by atoms with Gasteiger partial charge in [-0.15, -0.1) is 0 Å². The molecular weight excluding hydrogens is 442 g/mol. The molecule has 2 aromatic heterocycles. The lowest BCUT2D eigenvalue weighted by Crippen LogP contribution is -2.39. The lowest BCUT2D eigenvalue weighted by Gasteiger charge is -2.26. The van der Waals surface area contributed by atoms with Crippen molar-refractivity contribution in [1.82, 2.24) is 19.9 Å². The van der Waals surface area contributed by atoms with Crippen LogP contribution in [-0.4, -0.2) is 77.7 Å². The molecule has 1 aliphatic carbocycles. The lowest BCUT2D eigenvalue weighted by atomic mass is 9.90. The zero-order valence-corrected chi connectivity index (χ0v) is 21.4.